The fourth-order valence-corrected chi connectivity index (χ4v) is 4.78. The quantitative estimate of drug-likeness (QED) is 0.824. The minimum Gasteiger partial charge on any atom is -0.466 e. The molecular weight excluding hydrogens is 276 g/mol. The molecule has 1 aromatic rings. The standard InChI is InChI=1S/C18H22N2O2/c1-3-11-10-12(17(21)22-2)16-18(8-9-19-15(11)18)13-6-4-5-7-14(13)20-16/h4-7,11,15,19-20H,3,8-10H2,1-2H3/t11-,15-,18+/m0/s1. The monoisotopic (exact) mass is 298 g/mol. The lowest BCUT2D eigenvalue weighted by Gasteiger charge is -2.42. The maximum Gasteiger partial charge on any atom is 0.335 e. The zero-order chi connectivity index (χ0) is 15.3. The number of fused-ring (bicyclic) bond motifs is 1. The molecule has 1 saturated heterocycles. The first kappa shape index (κ1) is 13.8. The third-order valence-electron chi connectivity index (χ3n) is 5.72. The van der Waals surface area contributed by atoms with E-state index in [2.05, 4.69) is 35.8 Å². The molecule has 1 fully saturated rings. The van der Waals surface area contributed by atoms with Crippen molar-refractivity contribution in [1.82, 2.24) is 5.32 Å². The fourth-order valence-electron chi connectivity index (χ4n) is 4.78. The van der Waals surface area contributed by atoms with Crippen LogP contribution in [0.25, 0.3) is 0 Å². The number of hydrogen-bond acceptors (Lipinski definition) is 4. The second-order valence-corrected chi connectivity index (χ2v) is 6.54. The highest BCUT2D eigenvalue weighted by molar-refractivity contribution is 5.92. The predicted molar refractivity (Wildman–Crippen MR) is 85.6 cm³/mol. The second-order valence-electron chi connectivity index (χ2n) is 6.54. The Bertz CT molecular complexity index is 667. The van der Waals surface area contributed by atoms with Gasteiger partial charge in [-0.05, 0) is 36.9 Å². The normalized spacial score (nSPS) is 32.1. The molecule has 2 heterocycles. The molecule has 116 valence electrons. The van der Waals surface area contributed by atoms with Crippen molar-refractivity contribution in [1.29, 1.82) is 0 Å². The van der Waals surface area contributed by atoms with Crippen molar-refractivity contribution in [2.45, 2.75) is 37.6 Å². The van der Waals surface area contributed by atoms with Gasteiger partial charge in [-0.2, -0.15) is 0 Å². The van der Waals surface area contributed by atoms with Crippen molar-refractivity contribution >= 4 is 11.7 Å². The second kappa shape index (κ2) is 4.85. The summed E-state index contributed by atoms with van der Waals surface area (Å²) in [4.78, 5) is 12.4. The lowest BCUT2D eigenvalue weighted by molar-refractivity contribution is -0.136. The number of carbonyl (C=O) groups is 1. The third kappa shape index (κ3) is 1.59. The van der Waals surface area contributed by atoms with E-state index in [-0.39, 0.29) is 11.4 Å². The highest BCUT2D eigenvalue weighted by Crippen LogP contribution is 2.56. The number of carbonyl (C=O) groups excluding carboxylic acids is 1. The molecule has 1 aliphatic carbocycles. The lowest BCUT2D eigenvalue weighted by atomic mass is 9.63. The van der Waals surface area contributed by atoms with E-state index in [9.17, 15) is 4.79 Å². The molecule has 4 rings (SSSR count). The number of ether oxygens (including phenoxy) is 1. The molecule has 1 aromatic carbocycles. The van der Waals surface area contributed by atoms with E-state index in [1.165, 1.54) is 12.7 Å². The molecule has 0 amide bonds. The van der Waals surface area contributed by atoms with Gasteiger partial charge in [0.05, 0.1) is 18.1 Å². The molecule has 4 heteroatoms. The summed E-state index contributed by atoms with van der Waals surface area (Å²) >= 11 is 0. The molecule has 0 unspecified atom stereocenters. The molecule has 2 N–H and O–H groups in total. The summed E-state index contributed by atoms with van der Waals surface area (Å²) in [6.45, 7) is 3.21. The first-order valence-corrected chi connectivity index (χ1v) is 8.14. The van der Waals surface area contributed by atoms with Crippen molar-refractivity contribution in [3.8, 4) is 0 Å². The predicted octanol–water partition coefficient (Wildman–Crippen LogP) is 2.57. The molecule has 3 atom stereocenters. The molecule has 22 heavy (non-hydrogen) atoms. The highest BCUT2D eigenvalue weighted by atomic mass is 16.5. The Morgan fingerprint density at radius 2 is 2.23 bits per heavy atom. The maximum atomic E-state index is 12.4. The van der Waals surface area contributed by atoms with E-state index in [1.54, 1.807) is 0 Å². The SMILES string of the molecule is CC[C@H]1CC(C(=O)OC)=C2Nc3ccccc3[C@@]23CCN[C@@H]13. The van der Waals surface area contributed by atoms with Crippen molar-refractivity contribution in [3.63, 3.8) is 0 Å². The smallest absolute Gasteiger partial charge is 0.335 e. The van der Waals surface area contributed by atoms with Gasteiger partial charge < -0.3 is 15.4 Å². The molecule has 2 aliphatic heterocycles. The minimum atomic E-state index is -0.182. The van der Waals surface area contributed by atoms with Crippen LogP contribution in [0.3, 0.4) is 0 Å². The van der Waals surface area contributed by atoms with E-state index >= 15 is 0 Å². The van der Waals surface area contributed by atoms with Crippen LogP contribution in [0.1, 0.15) is 31.7 Å². The van der Waals surface area contributed by atoms with E-state index in [0.29, 0.717) is 12.0 Å². The van der Waals surface area contributed by atoms with Gasteiger partial charge in [0, 0.05) is 17.4 Å². The first-order valence-electron chi connectivity index (χ1n) is 8.14. The summed E-state index contributed by atoms with van der Waals surface area (Å²) < 4.78 is 5.08. The topological polar surface area (TPSA) is 50.4 Å². The Hall–Kier alpha value is -1.81. The average molecular weight is 298 g/mol. The van der Waals surface area contributed by atoms with E-state index in [1.807, 2.05) is 6.07 Å². The lowest BCUT2D eigenvalue weighted by Crippen LogP contribution is -2.50. The average Bonchev–Trinajstić information content (AvgIpc) is 3.14. The number of esters is 1. The zero-order valence-electron chi connectivity index (χ0n) is 13.1. The van der Waals surface area contributed by atoms with Gasteiger partial charge in [0.1, 0.15) is 0 Å². The third-order valence-corrected chi connectivity index (χ3v) is 5.72. The summed E-state index contributed by atoms with van der Waals surface area (Å²) in [6.07, 6.45) is 2.89. The van der Waals surface area contributed by atoms with Gasteiger partial charge in [-0.3, -0.25) is 0 Å². The molecule has 0 radical (unpaired) electrons. The van der Waals surface area contributed by atoms with Gasteiger partial charge in [0.15, 0.2) is 0 Å². The van der Waals surface area contributed by atoms with Crippen LogP contribution in [0, 0.1) is 5.92 Å². The van der Waals surface area contributed by atoms with Crippen LogP contribution in [0.2, 0.25) is 0 Å². The summed E-state index contributed by atoms with van der Waals surface area (Å²) in [5.41, 5.74) is 4.31. The number of nitrogens with one attached hydrogen (secondary N) is 2. The van der Waals surface area contributed by atoms with E-state index in [4.69, 9.17) is 4.74 Å². The van der Waals surface area contributed by atoms with Gasteiger partial charge in [-0.15, -0.1) is 0 Å². The van der Waals surface area contributed by atoms with Crippen LogP contribution in [0.15, 0.2) is 35.5 Å². The fraction of sp³-hybridized carbons (Fsp3) is 0.500. The number of hydrogen-bond donors (Lipinski definition) is 2. The maximum absolute atomic E-state index is 12.4. The number of methoxy groups -OCH3 is 1. The Kier molecular flexibility index (Phi) is 3.05. The van der Waals surface area contributed by atoms with Crippen LogP contribution in [0.5, 0.6) is 0 Å². The zero-order valence-corrected chi connectivity index (χ0v) is 13.1. The first-order chi connectivity index (χ1) is 10.7. The van der Waals surface area contributed by atoms with Gasteiger partial charge in [0.2, 0.25) is 0 Å². The Labute approximate surface area is 130 Å². The van der Waals surface area contributed by atoms with Crippen LogP contribution in [-0.4, -0.2) is 25.7 Å². The van der Waals surface area contributed by atoms with Gasteiger partial charge in [0.25, 0.3) is 0 Å². The molecule has 1 spiro atoms. The molecule has 0 saturated carbocycles. The van der Waals surface area contributed by atoms with Crippen LogP contribution >= 0.6 is 0 Å². The molecule has 0 bridgehead atoms. The number of anilines is 1. The van der Waals surface area contributed by atoms with E-state index in [0.717, 1.165) is 42.8 Å². The van der Waals surface area contributed by atoms with Crippen LogP contribution < -0.4 is 10.6 Å². The number of benzene rings is 1. The van der Waals surface area contributed by atoms with Crippen LogP contribution in [0.4, 0.5) is 5.69 Å². The van der Waals surface area contributed by atoms with Crippen molar-refractivity contribution in [3.05, 3.63) is 41.1 Å². The Balaban J connectivity index is 1.97. The molecule has 3 aliphatic rings. The minimum absolute atomic E-state index is 0.0843. The van der Waals surface area contributed by atoms with Crippen molar-refractivity contribution < 1.29 is 9.53 Å². The van der Waals surface area contributed by atoms with Crippen LogP contribution in [-0.2, 0) is 14.9 Å². The molecule has 0 aromatic heterocycles. The molecule has 4 nitrogen and oxygen atoms in total. The summed E-state index contributed by atoms with van der Waals surface area (Å²) in [5, 5.41) is 7.26. The van der Waals surface area contributed by atoms with Crippen molar-refractivity contribution in [2.24, 2.45) is 5.92 Å². The van der Waals surface area contributed by atoms with Gasteiger partial charge in [-0.1, -0.05) is 31.5 Å². The van der Waals surface area contributed by atoms with Gasteiger partial charge in [-0.25, -0.2) is 4.79 Å². The Morgan fingerprint density at radius 3 is 3.00 bits per heavy atom. The van der Waals surface area contributed by atoms with E-state index < -0.39 is 0 Å². The summed E-state index contributed by atoms with van der Waals surface area (Å²) in [5.74, 6) is 0.284. The Morgan fingerprint density at radius 1 is 1.41 bits per heavy atom. The number of rotatable bonds is 2. The summed E-state index contributed by atoms with van der Waals surface area (Å²) in [6, 6.07) is 8.87. The number of para-hydroxylation sites is 1. The largest absolute Gasteiger partial charge is 0.466 e. The van der Waals surface area contributed by atoms with Crippen molar-refractivity contribution in [2.75, 3.05) is 19.0 Å². The van der Waals surface area contributed by atoms with Gasteiger partial charge >= 0.3 is 5.97 Å². The highest BCUT2D eigenvalue weighted by Gasteiger charge is 2.57. The molecular formula is C18H22N2O2. The summed E-state index contributed by atoms with van der Waals surface area (Å²) in [7, 11) is 1.48.